The van der Waals surface area contributed by atoms with Gasteiger partial charge in [0.25, 0.3) is 0 Å². The lowest BCUT2D eigenvalue weighted by Crippen LogP contribution is -2.43. The molecule has 2 aromatic rings. The van der Waals surface area contributed by atoms with Crippen molar-refractivity contribution in [3.63, 3.8) is 0 Å². The summed E-state index contributed by atoms with van der Waals surface area (Å²) in [6, 6.07) is 8.17. The summed E-state index contributed by atoms with van der Waals surface area (Å²) in [5.41, 5.74) is 5.79. The molecule has 0 saturated heterocycles. The lowest BCUT2D eigenvalue weighted by atomic mass is 9.73. The van der Waals surface area contributed by atoms with Crippen LogP contribution in [0.1, 0.15) is 53.8 Å². The Bertz CT molecular complexity index is 767. The molecule has 136 valence electrons. The van der Waals surface area contributed by atoms with Crippen molar-refractivity contribution in [3.8, 4) is 11.5 Å². The van der Waals surface area contributed by atoms with E-state index in [1.807, 2.05) is 0 Å². The number of phenols is 2. The molecule has 25 heavy (non-hydrogen) atoms. The van der Waals surface area contributed by atoms with Crippen LogP contribution < -0.4 is 5.32 Å². The summed E-state index contributed by atoms with van der Waals surface area (Å²) in [5.74, 6) is 0.145. The summed E-state index contributed by atoms with van der Waals surface area (Å²) in [6.45, 7) is 2.98. The van der Waals surface area contributed by atoms with Crippen LogP contribution in [0, 0.1) is 0 Å². The summed E-state index contributed by atoms with van der Waals surface area (Å²) >= 11 is 0. The maximum atomic E-state index is 9.94. The molecule has 0 fully saturated rings. The standard InChI is InChI=1S/C19H22N2O2.2BrH/c1-2-3-12-5-6-13-16(21-12)10-20-15-7-4-11-8-17(22)18(23)9-14(11)19(13)15;;/h5-6,8-9,15,19-20,22-23H,2-4,7,10H2,1H3;2*1H. The van der Waals surface area contributed by atoms with Crippen molar-refractivity contribution in [1.29, 1.82) is 0 Å². The molecular weight excluding hydrogens is 448 g/mol. The molecule has 2 heterocycles. The zero-order valence-corrected chi connectivity index (χ0v) is 17.6. The minimum Gasteiger partial charge on any atom is -0.504 e. The van der Waals surface area contributed by atoms with Crippen LogP contribution in [0.25, 0.3) is 0 Å². The van der Waals surface area contributed by atoms with Crippen molar-refractivity contribution >= 4 is 34.0 Å². The Hall–Kier alpha value is -1.11. The molecule has 6 heteroatoms. The SMILES string of the molecule is Br.Br.CCCc1ccc2c(n1)CNC1CCc3cc(O)c(O)cc3C21. The fourth-order valence-corrected chi connectivity index (χ4v) is 4.05. The van der Waals surface area contributed by atoms with Crippen molar-refractivity contribution in [2.45, 2.75) is 51.1 Å². The van der Waals surface area contributed by atoms with E-state index in [9.17, 15) is 10.2 Å². The fourth-order valence-electron chi connectivity index (χ4n) is 4.05. The Kier molecular flexibility index (Phi) is 6.51. The first-order valence-electron chi connectivity index (χ1n) is 8.44. The number of nitrogens with zero attached hydrogens (tertiary/aromatic N) is 1. The number of nitrogens with one attached hydrogen (secondary N) is 1. The molecule has 0 saturated carbocycles. The van der Waals surface area contributed by atoms with E-state index in [1.165, 1.54) is 5.56 Å². The number of hydrogen-bond donors (Lipinski definition) is 3. The van der Waals surface area contributed by atoms with Gasteiger partial charge in [0, 0.05) is 24.2 Å². The molecule has 0 bridgehead atoms. The first-order valence-corrected chi connectivity index (χ1v) is 8.44. The molecule has 0 spiro atoms. The van der Waals surface area contributed by atoms with Gasteiger partial charge < -0.3 is 15.5 Å². The number of aromatic nitrogens is 1. The third kappa shape index (κ3) is 3.57. The van der Waals surface area contributed by atoms with Gasteiger partial charge in [-0.1, -0.05) is 19.4 Å². The Morgan fingerprint density at radius 3 is 2.64 bits per heavy atom. The van der Waals surface area contributed by atoms with E-state index < -0.39 is 0 Å². The number of aryl methyl sites for hydroxylation is 2. The Balaban J connectivity index is 0.00000113. The van der Waals surface area contributed by atoms with Crippen molar-refractivity contribution < 1.29 is 10.2 Å². The molecule has 0 radical (unpaired) electrons. The van der Waals surface area contributed by atoms with E-state index >= 15 is 0 Å². The van der Waals surface area contributed by atoms with Crippen molar-refractivity contribution in [3.05, 3.63) is 52.3 Å². The smallest absolute Gasteiger partial charge is 0.157 e. The molecule has 1 aliphatic heterocycles. The largest absolute Gasteiger partial charge is 0.504 e. The zero-order chi connectivity index (χ0) is 16.0. The van der Waals surface area contributed by atoms with Gasteiger partial charge in [-0.3, -0.25) is 4.98 Å². The Morgan fingerprint density at radius 1 is 1.12 bits per heavy atom. The van der Waals surface area contributed by atoms with Crippen LogP contribution in [0.4, 0.5) is 0 Å². The van der Waals surface area contributed by atoms with Crippen LogP contribution in [-0.2, 0) is 19.4 Å². The van der Waals surface area contributed by atoms with Gasteiger partial charge in [0.05, 0.1) is 5.69 Å². The summed E-state index contributed by atoms with van der Waals surface area (Å²) in [7, 11) is 0. The molecule has 1 aromatic heterocycles. The minimum atomic E-state index is -0.0351. The minimum absolute atomic E-state index is 0. The van der Waals surface area contributed by atoms with Crippen molar-refractivity contribution in [2.24, 2.45) is 0 Å². The zero-order valence-electron chi connectivity index (χ0n) is 14.2. The van der Waals surface area contributed by atoms with Gasteiger partial charge in [-0.25, -0.2) is 0 Å². The number of benzene rings is 1. The van der Waals surface area contributed by atoms with Crippen LogP contribution in [0.3, 0.4) is 0 Å². The van der Waals surface area contributed by atoms with E-state index in [0.29, 0.717) is 6.04 Å². The van der Waals surface area contributed by atoms with Crippen molar-refractivity contribution in [1.82, 2.24) is 10.3 Å². The van der Waals surface area contributed by atoms with Gasteiger partial charge in [-0.05, 0) is 54.2 Å². The van der Waals surface area contributed by atoms with E-state index in [0.717, 1.165) is 54.7 Å². The molecule has 4 rings (SSSR count). The third-order valence-corrected chi connectivity index (χ3v) is 5.14. The number of aromatic hydroxyl groups is 2. The summed E-state index contributed by atoms with van der Waals surface area (Å²) < 4.78 is 0. The number of rotatable bonds is 2. The molecule has 2 atom stereocenters. The molecule has 1 aromatic carbocycles. The average molecular weight is 472 g/mol. The summed E-state index contributed by atoms with van der Waals surface area (Å²) in [5, 5.41) is 23.3. The lowest BCUT2D eigenvalue weighted by Gasteiger charge is -2.39. The highest BCUT2D eigenvalue weighted by Crippen LogP contribution is 2.43. The van der Waals surface area contributed by atoms with E-state index in [2.05, 4.69) is 24.4 Å². The maximum Gasteiger partial charge on any atom is 0.157 e. The number of phenolic OH excluding ortho intramolecular Hbond substituents is 2. The van der Waals surface area contributed by atoms with E-state index in [1.54, 1.807) is 12.1 Å². The second-order valence-electron chi connectivity index (χ2n) is 6.63. The summed E-state index contributed by atoms with van der Waals surface area (Å²) in [6.07, 6.45) is 4.07. The fraction of sp³-hybridized carbons (Fsp3) is 0.421. The highest BCUT2D eigenvalue weighted by atomic mass is 79.9. The van der Waals surface area contributed by atoms with Gasteiger partial charge in [0.2, 0.25) is 0 Å². The number of fused-ring (bicyclic) bond motifs is 5. The van der Waals surface area contributed by atoms with Gasteiger partial charge in [-0.15, -0.1) is 34.0 Å². The van der Waals surface area contributed by atoms with Crippen LogP contribution in [-0.4, -0.2) is 21.2 Å². The van der Waals surface area contributed by atoms with Crippen LogP contribution >= 0.6 is 34.0 Å². The first kappa shape index (κ1) is 20.2. The monoisotopic (exact) mass is 470 g/mol. The van der Waals surface area contributed by atoms with Gasteiger partial charge >= 0.3 is 0 Å². The van der Waals surface area contributed by atoms with Gasteiger partial charge in [-0.2, -0.15) is 0 Å². The van der Waals surface area contributed by atoms with Crippen LogP contribution in [0.2, 0.25) is 0 Å². The predicted molar refractivity (Wildman–Crippen MR) is 109 cm³/mol. The topological polar surface area (TPSA) is 65.4 Å². The maximum absolute atomic E-state index is 9.94. The highest BCUT2D eigenvalue weighted by Gasteiger charge is 2.36. The van der Waals surface area contributed by atoms with Gasteiger partial charge in [0.15, 0.2) is 11.5 Å². The molecular formula is C19H24Br2N2O2. The quantitative estimate of drug-likeness (QED) is 0.575. The van der Waals surface area contributed by atoms with E-state index in [-0.39, 0.29) is 51.4 Å². The molecule has 4 nitrogen and oxygen atoms in total. The van der Waals surface area contributed by atoms with Gasteiger partial charge in [0.1, 0.15) is 0 Å². The number of hydrogen-bond acceptors (Lipinski definition) is 4. The number of halogens is 2. The normalized spacial score (nSPS) is 20.4. The summed E-state index contributed by atoms with van der Waals surface area (Å²) in [4.78, 5) is 4.83. The second kappa shape index (κ2) is 8.06. The second-order valence-corrected chi connectivity index (χ2v) is 6.63. The Morgan fingerprint density at radius 2 is 1.88 bits per heavy atom. The molecule has 0 amide bonds. The molecule has 1 aliphatic carbocycles. The van der Waals surface area contributed by atoms with Crippen LogP contribution in [0.5, 0.6) is 11.5 Å². The molecule has 3 N–H and O–H groups in total. The van der Waals surface area contributed by atoms with E-state index in [4.69, 9.17) is 4.98 Å². The molecule has 2 aliphatic rings. The lowest BCUT2D eigenvalue weighted by molar-refractivity contribution is 0.377. The van der Waals surface area contributed by atoms with Crippen LogP contribution in [0.15, 0.2) is 24.3 Å². The molecule has 2 unspecified atom stereocenters. The Labute approximate surface area is 169 Å². The highest BCUT2D eigenvalue weighted by molar-refractivity contribution is 8.93. The first-order chi connectivity index (χ1) is 11.2. The third-order valence-electron chi connectivity index (χ3n) is 5.14. The predicted octanol–water partition coefficient (Wildman–Crippen LogP) is 4.15. The number of pyridine rings is 1. The average Bonchev–Trinajstić information content (AvgIpc) is 2.55. The van der Waals surface area contributed by atoms with Crippen molar-refractivity contribution in [2.75, 3.05) is 0 Å².